The van der Waals surface area contributed by atoms with Gasteiger partial charge in [-0.3, -0.25) is 0 Å². The van der Waals surface area contributed by atoms with Crippen molar-refractivity contribution in [1.29, 1.82) is 0 Å². The fraction of sp³-hybridized carbons (Fsp3) is 0.286. The van der Waals surface area contributed by atoms with Crippen LogP contribution in [0.25, 0.3) is 5.69 Å². The van der Waals surface area contributed by atoms with E-state index < -0.39 is 16.0 Å². The standard InChI is InChI=1S/C21H22N4O5S/c1-30-20(26)16-9-11-18(12-10-16)31(28,29)22-13-14-24-21(27)25(17-5-3-2-4-6-17)19(23-24)15-7-8-15/h2-6,9-12,15,22H,7-8,13-14H2,1H3. The summed E-state index contributed by atoms with van der Waals surface area (Å²) in [6.07, 6.45) is 1.97. The molecule has 0 radical (unpaired) electrons. The van der Waals surface area contributed by atoms with E-state index in [0.29, 0.717) is 5.82 Å². The average molecular weight is 442 g/mol. The van der Waals surface area contributed by atoms with E-state index in [2.05, 4.69) is 14.6 Å². The summed E-state index contributed by atoms with van der Waals surface area (Å²) in [5.41, 5.74) is 0.703. The Morgan fingerprint density at radius 1 is 1.13 bits per heavy atom. The maximum Gasteiger partial charge on any atom is 0.350 e. The van der Waals surface area contributed by atoms with Crippen molar-refractivity contribution in [2.75, 3.05) is 13.7 Å². The Morgan fingerprint density at radius 3 is 2.42 bits per heavy atom. The average Bonchev–Trinajstić information content (AvgIpc) is 3.58. The Morgan fingerprint density at radius 2 is 1.81 bits per heavy atom. The maximum absolute atomic E-state index is 12.9. The van der Waals surface area contributed by atoms with Gasteiger partial charge in [-0.1, -0.05) is 18.2 Å². The highest BCUT2D eigenvalue weighted by Crippen LogP contribution is 2.39. The molecular weight excluding hydrogens is 420 g/mol. The summed E-state index contributed by atoms with van der Waals surface area (Å²) in [5, 5.41) is 4.46. The van der Waals surface area contributed by atoms with Gasteiger partial charge in [0, 0.05) is 12.5 Å². The lowest BCUT2D eigenvalue weighted by Gasteiger charge is -2.07. The molecule has 2 aromatic carbocycles. The van der Waals surface area contributed by atoms with Gasteiger partial charge in [-0.25, -0.2) is 32.0 Å². The number of sulfonamides is 1. The number of ether oxygens (including phenoxy) is 1. The topological polar surface area (TPSA) is 112 Å². The molecule has 10 heteroatoms. The number of carbonyl (C=O) groups excluding carboxylic acids is 1. The van der Waals surface area contributed by atoms with Crippen LogP contribution < -0.4 is 10.4 Å². The van der Waals surface area contributed by atoms with Crippen molar-refractivity contribution in [2.45, 2.75) is 30.2 Å². The largest absolute Gasteiger partial charge is 0.465 e. The third kappa shape index (κ3) is 4.44. The van der Waals surface area contributed by atoms with Crippen LogP contribution in [0, 0.1) is 0 Å². The van der Waals surface area contributed by atoms with Gasteiger partial charge < -0.3 is 4.74 Å². The van der Waals surface area contributed by atoms with Gasteiger partial charge in [-0.2, -0.15) is 5.10 Å². The van der Waals surface area contributed by atoms with E-state index in [9.17, 15) is 18.0 Å². The molecule has 1 aromatic heterocycles. The second-order valence-corrected chi connectivity index (χ2v) is 8.99. The minimum Gasteiger partial charge on any atom is -0.465 e. The highest BCUT2D eigenvalue weighted by atomic mass is 32.2. The van der Waals surface area contributed by atoms with E-state index in [1.165, 1.54) is 36.1 Å². The summed E-state index contributed by atoms with van der Waals surface area (Å²) in [7, 11) is -2.55. The molecule has 1 aliphatic carbocycles. The van der Waals surface area contributed by atoms with E-state index in [1.807, 2.05) is 30.3 Å². The summed E-state index contributed by atoms with van der Waals surface area (Å²) in [6.45, 7) is 0.0920. The highest BCUT2D eigenvalue weighted by molar-refractivity contribution is 7.89. The summed E-state index contributed by atoms with van der Waals surface area (Å²) in [6, 6.07) is 14.7. The molecule has 0 atom stereocenters. The molecule has 1 saturated carbocycles. The number of benzene rings is 2. The zero-order valence-electron chi connectivity index (χ0n) is 16.9. The molecule has 1 fully saturated rings. The summed E-state index contributed by atoms with van der Waals surface area (Å²) >= 11 is 0. The van der Waals surface area contributed by atoms with Crippen LogP contribution >= 0.6 is 0 Å². The third-order valence-electron chi connectivity index (χ3n) is 5.02. The van der Waals surface area contributed by atoms with Crippen LogP contribution in [-0.4, -0.2) is 42.4 Å². The molecule has 0 aliphatic heterocycles. The molecule has 0 unspecified atom stereocenters. The number of nitrogens with zero attached hydrogens (tertiary/aromatic N) is 3. The molecule has 31 heavy (non-hydrogen) atoms. The van der Waals surface area contributed by atoms with Crippen molar-refractivity contribution in [3.63, 3.8) is 0 Å². The molecule has 4 rings (SSSR count). The zero-order valence-corrected chi connectivity index (χ0v) is 17.7. The lowest BCUT2D eigenvalue weighted by Crippen LogP contribution is -2.32. The number of nitrogens with one attached hydrogen (secondary N) is 1. The molecule has 162 valence electrons. The van der Waals surface area contributed by atoms with E-state index in [1.54, 1.807) is 4.57 Å². The molecular formula is C21H22N4O5S. The maximum atomic E-state index is 12.9. The van der Waals surface area contributed by atoms with E-state index in [0.717, 1.165) is 18.5 Å². The predicted molar refractivity (Wildman–Crippen MR) is 113 cm³/mol. The van der Waals surface area contributed by atoms with Crippen LogP contribution in [0.5, 0.6) is 0 Å². The Hall–Kier alpha value is -3.24. The Labute approximate surface area is 179 Å². The first-order chi connectivity index (χ1) is 14.9. The molecule has 3 aromatic rings. The first-order valence-corrected chi connectivity index (χ1v) is 11.3. The van der Waals surface area contributed by atoms with Gasteiger partial charge >= 0.3 is 11.7 Å². The van der Waals surface area contributed by atoms with Gasteiger partial charge in [0.15, 0.2) is 0 Å². The number of aromatic nitrogens is 3. The first-order valence-electron chi connectivity index (χ1n) is 9.84. The molecule has 9 nitrogen and oxygen atoms in total. The fourth-order valence-corrected chi connectivity index (χ4v) is 4.27. The van der Waals surface area contributed by atoms with Crippen molar-refractivity contribution in [1.82, 2.24) is 19.1 Å². The second-order valence-electron chi connectivity index (χ2n) is 7.22. The fourth-order valence-electron chi connectivity index (χ4n) is 3.25. The Bertz CT molecular complexity index is 1240. The van der Waals surface area contributed by atoms with Crippen LogP contribution in [0.4, 0.5) is 0 Å². The monoisotopic (exact) mass is 442 g/mol. The third-order valence-corrected chi connectivity index (χ3v) is 6.50. The van der Waals surface area contributed by atoms with E-state index in [4.69, 9.17) is 0 Å². The number of carbonyl (C=O) groups is 1. The predicted octanol–water partition coefficient (Wildman–Crippen LogP) is 1.68. The van der Waals surface area contributed by atoms with Crippen molar-refractivity contribution in [2.24, 2.45) is 0 Å². The van der Waals surface area contributed by atoms with Crippen molar-refractivity contribution >= 4 is 16.0 Å². The van der Waals surface area contributed by atoms with Crippen LogP contribution in [0.15, 0.2) is 64.3 Å². The lowest BCUT2D eigenvalue weighted by atomic mass is 10.2. The lowest BCUT2D eigenvalue weighted by molar-refractivity contribution is 0.0600. The van der Waals surface area contributed by atoms with Crippen molar-refractivity contribution in [3.05, 3.63) is 76.5 Å². The number of para-hydroxylation sites is 1. The molecule has 0 spiro atoms. The minimum atomic E-state index is -3.80. The normalized spacial score (nSPS) is 13.8. The SMILES string of the molecule is COC(=O)c1ccc(S(=O)(=O)NCCn2nc(C3CC3)n(-c3ccccc3)c2=O)cc1. The second kappa shape index (κ2) is 8.48. The number of hydrogen-bond acceptors (Lipinski definition) is 6. The number of esters is 1. The van der Waals surface area contributed by atoms with E-state index >= 15 is 0 Å². The first kappa shape index (κ1) is 21.0. The highest BCUT2D eigenvalue weighted by Gasteiger charge is 2.31. The minimum absolute atomic E-state index is 0.00307. The van der Waals surface area contributed by atoms with Crippen LogP contribution in [-0.2, 0) is 21.3 Å². The summed E-state index contributed by atoms with van der Waals surface area (Å²) in [4.78, 5) is 24.4. The van der Waals surface area contributed by atoms with Gasteiger partial charge in [0.2, 0.25) is 10.0 Å². The molecule has 1 N–H and O–H groups in total. The number of hydrogen-bond donors (Lipinski definition) is 1. The number of rotatable bonds is 8. The summed E-state index contributed by atoms with van der Waals surface area (Å²) < 4.78 is 35.0. The Kier molecular flexibility index (Phi) is 5.75. The smallest absolute Gasteiger partial charge is 0.350 e. The van der Waals surface area contributed by atoms with Gasteiger partial charge in [-0.05, 0) is 49.2 Å². The van der Waals surface area contributed by atoms with E-state index in [-0.39, 0.29) is 35.2 Å². The van der Waals surface area contributed by atoms with Gasteiger partial charge in [-0.15, -0.1) is 0 Å². The quantitative estimate of drug-likeness (QED) is 0.531. The molecule has 1 aliphatic rings. The molecule has 0 amide bonds. The van der Waals surface area contributed by atoms with Gasteiger partial charge in [0.1, 0.15) is 5.82 Å². The Balaban J connectivity index is 1.48. The van der Waals surface area contributed by atoms with Gasteiger partial charge in [0.25, 0.3) is 0 Å². The molecule has 0 saturated heterocycles. The van der Waals surface area contributed by atoms with Crippen molar-refractivity contribution in [3.8, 4) is 5.69 Å². The van der Waals surface area contributed by atoms with Crippen LogP contribution in [0.3, 0.4) is 0 Å². The number of methoxy groups -OCH3 is 1. The van der Waals surface area contributed by atoms with Crippen LogP contribution in [0.2, 0.25) is 0 Å². The van der Waals surface area contributed by atoms with Crippen LogP contribution in [0.1, 0.15) is 34.9 Å². The van der Waals surface area contributed by atoms with Gasteiger partial charge in [0.05, 0.1) is 29.8 Å². The zero-order chi connectivity index (χ0) is 22.0. The summed E-state index contributed by atoms with van der Waals surface area (Å²) in [5.74, 6) is 0.411. The van der Waals surface area contributed by atoms with Crippen molar-refractivity contribution < 1.29 is 17.9 Å². The molecule has 1 heterocycles. The molecule has 0 bridgehead atoms.